The van der Waals surface area contributed by atoms with Gasteiger partial charge in [0, 0.05) is 34.3 Å². The van der Waals surface area contributed by atoms with Crippen LogP contribution in [0.2, 0.25) is 0 Å². The van der Waals surface area contributed by atoms with Crippen LogP contribution in [0.15, 0.2) is 33.8 Å². The third-order valence-electron chi connectivity index (χ3n) is 5.08. The van der Waals surface area contributed by atoms with Crippen LogP contribution in [0.25, 0.3) is 10.2 Å². The van der Waals surface area contributed by atoms with Crippen molar-refractivity contribution in [1.29, 1.82) is 0 Å². The summed E-state index contributed by atoms with van der Waals surface area (Å²) in [7, 11) is 0. The molecule has 146 valence electrons. The molecule has 2 aromatic heterocycles. The number of nitrogens with zero attached hydrogens (tertiary/aromatic N) is 2. The van der Waals surface area contributed by atoms with Crippen LogP contribution < -0.4 is 15.6 Å². The molecule has 1 amide bonds. The Kier molecular flexibility index (Phi) is 5.25. The molecule has 3 aromatic rings. The van der Waals surface area contributed by atoms with Crippen molar-refractivity contribution in [1.82, 2.24) is 14.9 Å². The molecular formula is C20H20BrN3O3S. The van der Waals surface area contributed by atoms with Gasteiger partial charge in [-0.25, -0.2) is 4.98 Å². The highest BCUT2D eigenvalue weighted by Crippen LogP contribution is 2.34. The third-order valence-corrected chi connectivity index (χ3v) is 6.69. The Labute approximate surface area is 174 Å². The average Bonchev–Trinajstić information content (AvgIpc) is 2.96. The van der Waals surface area contributed by atoms with Crippen molar-refractivity contribution in [3.8, 4) is 5.75 Å². The number of rotatable bonds is 4. The van der Waals surface area contributed by atoms with Crippen molar-refractivity contribution >= 4 is 43.4 Å². The molecule has 0 spiro atoms. The van der Waals surface area contributed by atoms with Crippen LogP contribution in [0, 0.1) is 13.8 Å². The molecule has 6 nitrogen and oxygen atoms in total. The Balaban J connectivity index is 1.47. The van der Waals surface area contributed by atoms with Crippen LogP contribution in [-0.2, 0) is 11.3 Å². The van der Waals surface area contributed by atoms with E-state index < -0.39 is 0 Å². The van der Waals surface area contributed by atoms with E-state index in [0.29, 0.717) is 18.5 Å². The molecule has 0 fully saturated rings. The molecule has 8 heteroatoms. The number of halogens is 1. The number of carbonyl (C=O) groups is 1. The fourth-order valence-electron chi connectivity index (χ4n) is 3.43. The zero-order valence-electron chi connectivity index (χ0n) is 15.6. The number of aryl methyl sites for hydroxylation is 3. The van der Waals surface area contributed by atoms with Crippen LogP contribution in [-0.4, -0.2) is 22.1 Å². The first-order valence-corrected chi connectivity index (χ1v) is 10.7. The Hall–Kier alpha value is -2.19. The van der Waals surface area contributed by atoms with Crippen molar-refractivity contribution in [2.75, 3.05) is 6.61 Å². The summed E-state index contributed by atoms with van der Waals surface area (Å²) in [5, 5.41) is 3.73. The summed E-state index contributed by atoms with van der Waals surface area (Å²) in [6, 6.07) is 5.72. The first-order valence-electron chi connectivity index (χ1n) is 9.11. The van der Waals surface area contributed by atoms with Crippen molar-refractivity contribution < 1.29 is 9.53 Å². The molecule has 0 radical (unpaired) electrons. The van der Waals surface area contributed by atoms with E-state index in [2.05, 4.69) is 26.2 Å². The number of nitrogens with one attached hydrogen (secondary N) is 1. The minimum atomic E-state index is -0.0944. The van der Waals surface area contributed by atoms with Gasteiger partial charge in [-0.1, -0.05) is 15.9 Å². The maximum atomic E-state index is 12.7. The van der Waals surface area contributed by atoms with Gasteiger partial charge in [-0.2, -0.15) is 0 Å². The number of carbonyl (C=O) groups excluding carboxylic acids is 1. The minimum absolute atomic E-state index is 0.0833. The first-order chi connectivity index (χ1) is 13.4. The summed E-state index contributed by atoms with van der Waals surface area (Å²) < 4.78 is 8.14. The molecule has 1 aliphatic rings. The first kappa shape index (κ1) is 19.1. The van der Waals surface area contributed by atoms with Gasteiger partial charge in [-0.15, -0.1) is 11.3 Å². The zero-order valence-corrected chi connectivity index (χ0v) is 18.0. The number of benzene rings is 1. The Morgan fingerprint density at radius 2 is 2.25 bits per heavy atom. The molecule has 0 saturated carbocycles. The van der Waals surface area contributed by atoms with E-state index >= 15 is 0 Å². The second-order valence-corrected chi connectivity index (χ2v) is 9.01. The predicted molar refractivity (Wildman–Crippen MR) is 113 cm³/mol. The van der Waals surface area contributed by atoms with Crippen molar-refractivity contribution in [3.63, 3.8) is 0 Å². The molecule has 0 aliphatic carbocycles. The molecule has 3 heterocycles. The third kappa shape index (κ3) is 3.58. The lowest BCUT2D eigenvalue weighted by atomic mass is 10.0. The van der Waals surface area contributed by atoms with Gasteiger partial charge in [0.25, 0.3) is 5.56 Å². The number of fused-ring (bicyclic) bond motifs is 2. The Morgan fingerprint density at radius 3 is 3.07 bits per heavy atom. The summed E-state index contributed by atoms with van der Waals surface area (Å²) in [4.78, 5) is 31.5. The quantitative estimate of drug-likeness (QED) is 0.639. The molecule has 1 atom stereocenters. The number of aromatic nitrogens is 2. The van der Waals surface area contributed by atoms with Gasteiger partial charge < -0.3 is 10.1 Å². The standard InChI is InChI=1S/C20H20BrN3O3S/c1-11-12(2)28-19-18(11)20(26)24(10-22-19)7-5-17(25)23-15-6-8-27-16-4-3-13(21)9-14(15)16/h3-4,9-10,15H,5-8H2,1-2H3,(H,23,25). The monoisotopic (exact) mass is 461 g/mol. The largest absolute Gasteiger partial charge is 0.493 e. The molecule has 0 saturated heterocycles. The summed E-state index contributed by atoms with van der Waals surface area (Å²) in [6.45, 7) is 4.80. The lowest BCUT2D eigenvalue weighted by molar-refractivity contribution is -0.122. The van der Waals surface area contributed by atoms with Gasteiger partial charge in [-0.3, -0.25) is 14.2 Å². The van der Waals surface area contributed by atoms with Gasteiger partial charge >= 0.3 is 0 Å². The van der Waals surface area contributed by atoms with Gasteiger partial charge in [0.2, 0.25) is 5.91 Å². The van der Waals surface area contributed by atoms with E-state index in [1.165, 1.54) is 22.2 Å². The highest BCUT2D eigenvalue weighted by atomic mass is 79.9. The fourth-order valence-corrected chi connectivity index (χ4v) is 4.80. The molecule has 1 N–H and O–H groups in total. The number of ether oxygens (including phenoxy) is 1. The van der Waals surface area contributed by atoms with E-state index in [9.17, 15) is 9.59 Å². The van der Waals surface area contributed by atoms with Crippen LogP contribution in [0.4, 0.5) is 0 Å². The van der Waals surface area contributed by atoms with Gasteiger partial charge in [0.05, 0.1) is 24.4 Å². The molecule has 1 aromatic carbocycles. The summed E-state index contributed by atoms with van der Waals surface area (Å²) in [5.41, 5.74) is 1.86. The van der Waals surface area contributed by atoms with E-state index in [4.69, 9.17) is 4.74 Å². The summed E-state index contributed by atoms with van der Waals surface area (Å²) in [5.74, 6) is 0.706. The second kappa shape index (κ2) is 7.67. The number of hydrogen-bond donors (Lipinski definition) is 1. The molecule has 28 heavy (non-hydrogen) atoms. The molecule has 4 rings (SSSR count). The maximum Gasteiger partial charge on any atom is 0.262 e. The van der Waals surface area contributed by atoms with E-state index in [1.54, 1.807) is 0 Å². The Bertz CT molecular complexity index is 1120. The topological polar surface area (TPSA) is 73.2 Å². The van der Waals surface area contributed by atoms with Crippen LogP contribution in [0.3, 0.4) is 0 Å². The van der Waals surface area contributed by atoms with Gasteiger partial charge in [-0.05, 0) is 37.6 Å². The summed E-state index contributed by atoms with van der Waals surface area (Å²) in [6.07, 6.45) is 2.47. The summed E-state index contributed by atoms with van der Waals surface area (Å²) >= 11 is 4.99. The minimum Gasteiger partial charge on any atom is -0.493 e. The van der Waals surface area contributed by atoms with E-state index in [0.717, 1.165) is 37.5 Å². The molecule has 1 aliphatic heterocycles. The van der Waals surface area contributed by atoms with Crippen molar-refractivity contribution in [2.24, 2.45) is 0 Å². The van der Waals surface area contributed by atoms with E-state index in [1.807, 2.05) is 32.0 Å². The number of amides is 1. The van der Waals surface area contributed by atoms with Crippen molar-refractivity contribution in [2.45, 2.75) is 39.3 Å². The number of thiophene rings is 1. The second-order valence-electron chi connectivity index (χ2n) is 6.90. The average molecular weight is 462 g/mol. The van der Waals surface area contributed by atoms with E-state index in [-0.39, 0.29) is 23.9 Å². The smallest absolute Gasteiger partial charge is 0.262 e. The SMILES string of the molecule is Cc1sc2ncn(CCC(=O)NC3CCOc4ccc(Br)cc43)c(=O)c2c1C. The van der Waals surface area contributed by atoms with Gasteiger partial charge in [0.15, 0.2) is 0 Å². The van der Waals surface area contributed by atoms with Crippen LogP contribution in [0.5, 0.6) is 5.75 Å². The Morgan fingerprint density at radius 1 is 1.43 bits per heavy atom. The van der Waals surface area contributed by atoms with Crippen LogP contribution >= 0.6 is 27.3 Å². The normalized spacial score (nSPS) is 15.9. The maximum absolute atomic E-state index is 12.7. The van der Waals surface area contributed by atoms with Gasteiger partial charge in [0.1, 0.15) is 10.6 Å². The highest BCUT2D eigenvalue weighted by molar-refractivity contribution is 9.10. The highest BCUT2D eigenvalue weighted by Gasteiger charge is 2.23. The molecular weight excluding hydrogens is 442 g/mol. The predicted octanol–water partition coefficient (Wildman–Crippen LogP) is 3.87. The van der Waals surface area contributed by atoms with Crippen LogP contribution in [0.1, 0.15) is 34.9 Å². The lowest BCUT2D eigenvalue weighted by Crippen LogP contribution is -2.33. The number of hydrogen-bond acceptors (Lipinski definition) is 5. The fraction of sp³-hybridized carbons (Fsp3) is 0.350. The molecule has 1 unspecified atom stereocenters. The zero-order chi connectivity index (χ0) is 19.8. The lowest BCUT2D eigenvalue weighted by Gasteiger charge is -2.27. The molecule has 0 bridgehead atoms. The van der Waals surface area contributed by atoms with Crippen molar-refractivity contribution in [3.05, 3.63) is 55.4 Å².